The van der Waals surface area contributed by atoms with Crippen molar-refractivity contribution in [3.05, 3.63) is 56.3 Å². The zero-order valence-corrected chi connectivity index (χ0v) is 11.4. The lowest BCUT2D eigenvalue weighted by Gasteiger charge is -2.09. The van der Waals surface area contributed by atoms with Crippen molar-refractivity contribution in [2.24, 2.45) is 0 Å². The highest BCUT2D eigenvalue weighted by atomic mass is 35.5. The Bertz CT molecular complexity index is 671. The van der Waals surface area contributed by atoms with E-state index in [0.717, 1.165) is 0 Å². The molecule has 20 heavy (non-hydrogen) atoms. The molecule has 3 N–H and O–H groups in total. The number of nitro benzene ring substituents is 1. The summed E-state index contributed by atoms with van der Waals surface area (Å²) in [5, 5.41) is 13.4. The van der Waals surface area contributed by atoms with Crippen molar-refractivity contribution in [1.82, 2.24) is 0 Å². The van der Waals surface area contributed by atoms with Gasteiger partial charge in [0.1, 0.15) is 11.4 Å². The zero-order valence-electron chi connectivity index (χ0n) is 9.86. The van der Waals surface area contributed by atoms with Gasteiger partial charge in [0.25, 0.3) is 0 Å². The average Bonchev–Trinajstić information content (AvgIpc) is 2.35. The Morgan fingerprint density at radius 1 is 1.25 bits per heavy atom. The molecule has 2 aromatic rings. The van der Waals surface area contributed by atoms with Crippen LogP contribution in [0, 0.1) is 15.9 Å². The molecule has 5 nitrogen and oxygen atoms in total. The number of nitrogens with one attached hydrogen (secondary N) is 1. The van der Waals surface area contributed by atoms with Crippen molar-refractivity contribution in [2.75, 3.05) is 11.1 Å². The standard InChI is InChI=1S/C12H8Cl2FN3O2/c13-7-4-6(5-8(14)11(7)15)17-10-3-1-2-9(16)12(10)18(19)20/h1-5,17H,16H2. The van der Waals surface area contributed by atoms with Gasteiger partial charge in [-0.2, -0.15) is 0 Å². The largest absolute Gasteiger partial charge is 0.393 e. The molecule has 0 fully saturated rings. The van der Waals surface area contributed by atoms with Crippen LogP contribution in [0.2, 0.25) is 10.0 Å². The summed E-state index contributed by atoms with van der Waals surface area (Å²) in [4.78, 5) is 10.4. The summed E-state index contributed by atoms with van der Waals surface area (Å²) < 4.78 is 13.3. The van der Waals surface area contributed by atoms with Gasteiger partial charge in [-0.3, -0.25) is 10.1 Å². The third-order valence-corrected chi connectivity index (χ3v) is 3.06. The summed E-state index contributed by atoms with van der Waals surface area (Å²) in [5.74, 6) is -0.749. The van der Waals surface area contributed by atoms with Gasteiger partial charge < -0.3 is 11.1 Å². The van der Waals surface area contributed by atoms with Gasteiger partial charge in [-0.25, -0.2) is 4.39 Å². The summed E-state index contributed by atoms with van der Waals surface area (Å²) in [6.45, 7) is 0. The summed E-state index contributed by atoms with van der Waals surface area (Å²) in [5.41, 5.74) is 5.78. The van der Waals surface area contributed by atoms with E-state index in [9.17, 15) is 14.5 Å². The fourth-order valence-electron chi connectivity index (χ4n) is 1.65. The second-order valence-corrected chi connectivity index (χ2v) is 4.69. The van der Waals surface area contributed by atoms with Crippen molar-refractivity contribution >= 4 is 46.0 Å². The SMILES string of the molecule is Nc1cccc(Nc2cc(Cl)c(F)c(Cl)c2)c1[N+](=O)[O-]. The Balaban J connectivity index is 2.45. The fourth-order valence-corrected chi connectivity index (χ4v) is 2.14. The predicted molar refractivity (Wildman–Crippen MR) is 77.2 cm³/mol. The molecule has 8 heteroatoms. The number of hydrogen-bond acceptors (Lipinski definition) is 4. The van der Waals surface area contributed by atoms with Gasteiger partial charge in [-0.05, 0) is 24.3 Å². The smallest absolute Gasteiger partial charge is 0.315 e. The normalized spacial score (nSPS) is 10.3. The third kappa shape index (κ3) is 2.76. The maximum Gasteiger partial charge on any atom is 0.315 e. The lowest BCUT2D eigenvalue weighted by atomic mass is 10.2. The number of nitrogens with two attached hydrogens (primary N) is 1. The quantitative estimate of drug-likeness (QED) is 0.381. The summed E-state index contributed by atoms with van der Waals surface area (Å²) in [6.07, 6.45) is 0. The van der Waals surface area contributed by atoms with Gasteiger partial charge in [-0.15, -0.1) is 0 Å². The molecule has 0 atom stereocenters. The van der Waals surface area contributed by atoms with E-state index >= 15 is 0 Å². The van der Waals surface area contributed by atoms with Crippen LogP contribution in [0.1, 0.15) is 0 Å². The van der Waals surface area contributed by atoms with Crippen molar-refractivity contribution in [2.45, 2.75) is 0 Å². The van der Waals surface area contributed by atoms with Gasteiger partial charge >= 0.3 is 5.69 Å². The maximum atomic E-state index is 13.3. The zero-order chi connectivity index (χ0) is 14.9. The van der Waals surface area contributed by atoms with E-state index in [0.29, 0.717) is 5.69 Å². The summed E-state index contributed by atoms with van der Waals surface area (Å²) in [7, 11) is 0. The van der Waals surface area contributed by atoms with Crippen molar-refractivity contribution in [1.29, 1.82) is 0 Å². The molecule has 2 aromatic carbocycles. The van der Waals surface area contributed by atoms with E-state index in [1.165, 1.54) is 24.3 Å². The predicted octanol–water partition coefficient (Wildman–Crippen LogP) is 4.37. The third-order valence-electron chi connectivity index (χ3n) is 2.51. The van der Waals surface area contributed by atoms with Crippen LogP contribution in [0.25, 0.3) is 0 Å². The minimum atomic E-state index is -0.749. The Morgan fingerprint density at radius 3 is 2.40 bits per heavy atom. The highest BCUT2D eigenvalue weighted by Gasteiger charge is 2.18. The molecule has 0 saturated carbocycles. The van der Waals surface area contributed by atoms with Crippen molar-refractivity contribution in [3.63, 3.8) is 0 Å². The van der Waals surface area contributed by atoms with Gasteiger partial charge in [0.15, 0.2) is 5.82 Å². The summed E-state index contributed by atoms with van der Waals surface area (Å²) in [6, 6.07) is 6.98. The topological polar surface area (TPSA) is 81.2 Å². The van der Waals surface area contributed by atoms with Gasteiger partial charge in [0.05, 0.1) is 15.0 Å². The second kappa shape index (κ2) is 5.52. The highest BCUT2D eigenvalue weighted by Crippen LogP contribution is 2.35. The molecule has 0 aliphatic rings. The van der Waals surface area contributed by atoms with Gasteiger partial charge in [0.2, 0.25) is 0 Å². The first-order valence-corrected chi connectivity index (χ1v) is 6.10. The molecule has 0 spiro atoms. The number of nitrogens with zero attached hydrogens (tertiary/aromatic N) is 1. The second-order valence-electron chi connectivity index (χ2n) is 3.88. The highest BCUT2D eigenvalue weighted by molar-refractivity contribution is 6.35. The van der Waals surface area contributed by atoms with E-state index in [-0.39, 0.29) is 27.1 Å². The minimum Gasteiger partial charge on any atom is -0.393 e. The molecule has 0 aliphatic heterocycles. The number of nitrogen functional groups attached to an aromatic ring is 1. The Hall–Kier alpha value is -2.05. The van der Waals surface area contributed by atoms with E-state index in [1.807, 2.05) is 0 Å². The Morgan fingerprint density at radius 2 is 1.85 bits per heavy atom. The van der Waals surface area contributed by atoms with E-state index in [1.54, 1.807) is 6.07 Å². The molecule has 0 unspecified atom stereocenters. The maximum absolute atomic E-state index is 13.3. The number of anilines is 3. The molecular weight excluding hydrogens is 308 g/mol. The molecule has 0 bridgehead atoms. The average molecular weight is 316 g/mol. The first-order chi connectivity index (χ1) is 9.40. The van der Waals surface area contributed by atoms with E-state index < -0.39 is 10.7 Å². The molecule has 0 heterocycles. The van der Waals surface area contributed by atoms with Crippen LogP contribution in [0.15, 0.2) is 30.3 Å². The van der Waals surface area contributed by atoms with Crippen molar-refractivity contribution < 1.29 is 9.31 Å². The molecule has 2 rings (SSSR count). The molecule has 0 radical (unpaired) electrons. The van der Waals surface area contributed by atoms with Crippen LogP contribution in [0.5, 0.6) is 0 Å². The number of rotatable bonds is 3. The Kier molecular flexibility index (Phi) is 3.96. The van der Waals surface area contributed by atoms with Crippen LogP contribution < -0.4 is 11.1 Å². The first-order valence-electron chi connectivity index (χ1n) is 5.34. The summed E-state index contributed by atoms with van der Waals surface area (Å²) >= 11 is 11.3. The first kappa shape index (κ1) is 14.4. The monoisotopic (exact) mass is 315 g/mol. The van der Waals surface area contributed by atoms with E-state index in [2.05, 4.69) is 5.32 Å². The fraction of sp³-hybridized carbons (Fsp3) is 0. The molecule has 0 saturated heterocycles. The molecule has 0 amide bonds. The number of halogens is 3. The number of nitro groups is 1. The van der Waals surface area contributed by atoms with Crippen molar-refractivity contribution in [3.8, 4) is 0 Å². The molecular formula is C12H8Cl2FN3O2. The van der Waals surface area contributed by atoms with Crippen LogP contribution in [0.3, 0.4) is 0 Å². The molecule has 0 aliphatic carbocycles. The van der Waals surface area contributed by atoms with Gasteiger partial charge in [0, 0.05) is 5.69 Å². The number of para-hydroxylation sites is 1. The molecule has 0 aromatic heterocycles. The number of hydrogen-bond donors (Lipinski definition) is 2. The van der Waals surface area contributed by atoms with Crippen LogP contribution in [-0.2, 0) is 0 Å². The van der Waals surface area contributed by atoms with Crippen LogP contribution in [-0.4, -0.2) is 4.92 Å². The van der Waals surface area contributed by atoms with Gasteiger partial charge in [-0.1, -0.05) is 29.3 Å². The van der Waals surface area contributed by atoms with E-state index in [4.69, 9.17) is 28.9 Å². The lowest BCUT2D eigenvalue weighted by molar-refractivity contribution is -0.383. The van der Waals surface area contributed by atoms with Crippen LogP contribution in [0.4, 0.5) is 27.1 Å². The number of benzene rings is 2. The molecule has 104 valence electrons. The Labute approximate surface area is 123 Å². The lowest BCUT2D eigenvalue weighted by Crippen LogP contribution is -2.01. The van der Waals surface area contributed by atoms with Crippen LogP contribution >= 0.6 is 23.2 Å². The minimum absolute atomic E-state index is 0.0132.